The molecule has 116 valence electrons. The SMILES string of the molecule is C=C(CC)CC.CCC.CN=C(C)N.CN=CNC. The minimum Gasteiger partial charge on any atom is -0.388 e. The molecule has 0 aromatic heterocycles. The van der Waals surface area contributed by atoms with Crippen LogP contribution in [0.5, 0.6) is 0 Å². The smallest absolute Gasteiger partial charge is 0.0902 e. The molecule has 3 N–H and O–H groups in total. The lowest BCUT2D eigenvalue weighted by molar-refractivity contribution is 0.986. The predicted octanol–water partition coefficient (Wildman–Crippen LogP) is 3.64. The molecule has 0 radical (unpaired) electrons. The number of rotatable bonds is 3. The molecule has 0 spiro atoms. The van der Waals surface area contributed by atoms with Crippen LogP contribution in [0.4, 0.5) is 0 Å². The van der Waals surface area contributed by atoms with Gasteiger partial charge in [0.15, 0.2) is 0 Å². The maximum absolute atomic E-state index is 5.04. The van der Waals surface area contributed by atoms with Gasteiger partial charge in [0.25, 0.3) is 0 Å². The molecule has 0 bridgehead atoms. The summed E-state index contributed by atoms with van der Waals surface area (Å²) in [5, 5.41) is 2.73. The van der Waals surface area contributed by atoms with Crippen LogP contribution in [-0.4, -0.2) is 33.3 Å². The van der Waals surface area contributed by atoms with Gasteiger partial charge in [0.2, 0.25) is 0 Å². The zero-order valence-corrected chi connectivity index (χ0v) is 14.4. The lowest BCUT2D eigenvalue weighted by atomic mass is 10.2. The van der Waals surface area contributed by atoms with E-state index in [1.807, 2.05) is 7.05 Å². The quantitative estimate of drug-likeness (QED) is 0.468. The molecule has 0 saturated carbocycles. The fourth-order valence-corrected chi connectivity index (χ4v) is 0.379. The number of nitrogens with two attached hydrogens (primary N) is 1. The number of amidine groups is 1. The van der Waals surface area contributed by atoms with Gasteiger partial charge in [0.05, 0.1) is 12.2 Å². The Morgan fingerprint density at radius 1 is 1.16 bits per heavy atom. The Hall–Kier alpha value is -1.32. The van der Waals surface area contributed by atoms with Gasteiger partial charge < -0.3 is 11.1 Å². The van der Waals surface area contributed by atoms with Gasteiger partial charge in [-0.25, -0.2) is 0 Å². The molecule has 4 heteroatoms. The first-order chi connectivity index (χ1) is 8.91. The maximum atomic E-state index is 5.04. The Kier molecular flexibility index (Phi) is 41.6. The van der Waals surface area contributed by atoms with Gasteiger partial charge in [-0.05, 0) is 19.8 Å². The molecule has 0 aromatic rings. The lowest BCUT2D eigenvalue weighted by Crippen LogP contribution is -2.03. The fraction of sp³-hybridized carbons (Fsp3) is 0.733. The molecular weight excluding hydrogens is 236 g/mol. The topological polar surface area (TPSA) is 62.8 Å². The monoisotopic (exact) mass is 272 g/mol. The zero-order chi connectivity index (χ0) is 16.1. The summed E-state index contributed by atoms with van der Waals surface area (Å²) in [6.07, 6.45) is 5.15. The van der Waals surface area contributed by atoms with Crippen LogP contribution in [-0.2, 0) is 0 Å². The van der Waals surface area contributed by atoms with Crippen molar-refractivity contribution in [3.05, 3.63) is 12.2 Å². The van der Waals surface area contributed by atoms with E-state index >= 15 is 0 Å². The summed E-state index contributed by atoms with van der Waals surface area (Å²) < 4.78 is 0. The predicted molar refractivity (Wildman–Crippen MR) is 92.4 cm³/mol. The molecule has 0 rings (SSSR count). The Labute approximate surface area is 121 Å². The molecule has 0 fully saturated rings. The maximum Gasteiger partial charge on any atom is 0.0902 e. The Morgan fingerprint density at radius 3 is 1.47 bits per heavy atom. The van der Waals surface area contributed by atoms with Crippen molar-refractivity contribution in [1.82, 2.24) is 5.32 Å². The van der Waals surface area contributed by atoms with Gasteiger partial charge in [0, 0.05) is 21.1 Å². The van der Waals surface area contributed by atoms with Crippen molar-refractivity contribution in [2.75, 3.05) is 21.1 Å². The first-order valence-electron chi connectivity index (χ1n) is 6.84. The second kappa shape index (κ2) is 30.1. The summed E-state index contributed by atoms with van der Waals surface area (Å²) in [6.45, 7) is 14.1. The lowest BCUT2D eigenvalue weighted by Gasteiger charge is -1.89. The Morgan fingerprint density at radius 2 is 1.47 bits per heavy atom. The van der Waals surface area contributed by atoms with E-state index in [0.29, 0.717) is 5.84 Å². The van der Waals surface area contributed by atoms with Gasteiger partial charge in [-0.1, -0.05) is 46.3 Å². The number of nitrogens with zero attached hydrogens (tertiary/aromatic N) is 2. The number of nitrogens with one attached hydrogen (secondary N) is 1. The van der Waals surface area contributed by atoms with Crippen LogP contribution in [0.1, 0.15) is 53.9 Å². The van der Waals surface area contributed by atoms with Gasteiger partial charge in [-0.2, -0.15) is 0 Å². The van der Waals surface area contributed by atoms with Crippen molar-refractivity contribution in [3.8, 4) is 0 Å². The third-order valence-electron chi connectivity index (χ3n) is 1.61. The van der Waals surface area contributed by atoms with Gasteiger partial charge in [-0.15, -0.1) is 0 Å². The highest BCUT2D eigenvalue weighted by Crippen LogP contribution is 1.98. The van der Waals surface area contributed by atoms with Crippen LogP contribution in [0.25, 0.3) is 0 Å². The number of hydrogen-bond donors (Lipinski definition) is 2. The number of aliphatic imine (C=N–C) groups is 2. The molecule has 0 atom stereocenters. The zero-order valence-electron chi connectivity index (χ0n) is 14.4. The molecule has 19 heavy (non-hydrogen) atoms. The van der Waals surface area contributed by atoms with Gasteiger partial charge in [0.1, 0.15) is 0 Å². The minimum atomic E-state index is 0.630. The van der Waals surface area contributed by atoms with Crippen LogP contribution in [0.15, 0.2) is 22.1 Å². The molecule has 0 heterocycles. The van der Waals surface area contributed by atoms with Crippen LogP contribution in [0, 0.1) is 0 Å². The molecule has 0 aliphatic heterocycles. The molecular formula is C15H36N4. The Balaban J connectivity index is -0.0000000811. The van der Waals surface area contributed by atoms with Crippen LogP contribution in [0.2, 0.25) is 0 Å². The van der Waals surface area contributed by atoms with Gasteiger partial charge in [-0.3, -0.25) is 9.98 Å². The van der Waals surface area contributed by atoms with Crippen LogP contribution in [0.3, 0.4) is 0 Å². The van der Waals surface area contributed by atoms with Crippen LogP contribution < -0.4 is 11.1 Å². The molecule has 0 aromatic carbocycles. The van der Waals surface area contributed by atoms with Gasteiger partial charge >= 0.3 is 0 Å². The average Bonchev–Trinajstić information content (AvgIpc) is 2.41. The summed E-state index contributed by atoms with van der Waals surface area (Å²) in [6, 6.07) is 0. The second-order valence-electron chi connectivity index (χ2n) is 3.71. The number of allylic oxidation sites excluding steroid dienone is 1. The third kappa shape index (κ3) is 80.6. The summed E-state index contributed by atoms with van der Waals surface area (Å²) in [5.74, 6) is 0.630. The van der Waals surface area contributed by atoms with E-state index in [1.165, 1.54) is 12.0 Å². The van der Waals surface area contributed by atoms with Crippen molar-refractivity contribution >= 4 is 12.2 Å². The average molecular weight is 272 g/mol. The normalized spacial score (nSPS) is 9.16. The van der Waals surface area contributed by atoms with E-state index in [1.54, 1.807) is 27.4 Å². The summed E-state index contributed by atoms with van der Waals surface area (Å²) >= 11 is 0. The van der Waals surface area contributed by atoms with E-state index in [4.69, 9.17) is 5.73 Å². The molecule has 0 aliphatic carbocycles. The van der Waals surface area contributed by atoms with Crippen LogP contribution >= 0.6 is 0 Å². The minimum absolute atomic E-state index is 0.630. The van der Waals surface area contributed by atoms with E-state index in [0.717, 1.165) is 12.8 Å². The second-order valence-corrected chi connectivity index (χ2v) is 3.71. The highest BCUT2D eigenvalue weighted by Gasteiger charge is 1.78. The van der Waals surface area contributed by atoms with E-state index < -0.39 is 0 Å². The summed E-state index contributed by atoms with van der Waals surface area (Å²) in [7, 11) is 5.19. The first kappa shape index (κ1) is 26.3. The molecule has 0 aliphatic rings. The third-order valence-corrected chi connectivity index (χ3v) is 1.61. The Bertz CT molecular complexity index is 198. The molecule has 0 saturated heterocycles. The fourth-order valence-electron chi connectivity index (χ4n) is 0.379. The van der Waals surface area contributed by atoms with E-state index in [9.17, 15) is 0 Å². The van der Waals surface area contributed by atoms with E-state index in [2.05, 4.69) is 49.6 Å². The highest BCUT2D eigenvalue weighted by molar-refractivity contribution is 5.77. The van der Waals surface area contributed by atoms with Crippen molar-refractivity contribution in [3.63, 3.8) is 0 Å². The number of hydrogen-bond acceptors (Lipinski definition) is 2. The van der Waals surface area contributed by atoms with E-state index in [-0.39, 0.29) is 0 Å². The molecule has 4 nitrogen and oxygen atoms in total. The molecule has 0 amide bonds. The van der Waals surface area contributed by atoms with Crippen molar-refractivity contribution in [1.29, 1.82) is 0 Å². The van der Waals surface area contributed by atoms with Crippen molar-refractivity contribution in [2.24, 2.45) is 15.7 Å². The van der Waals surface area contributed by atoms with Crippen molar-refractivity contribution < 1.29 is 0 Å². The standard InChI is InChI=1S/C6H12.2C3H8N2.C3H8/c1-4-6(3)5-2;1-4-3-5-2;1-3(4)5-2;1-3-2/h3-5H2,1-2H3;3H,1-2H3,(H,4,5);1-2H3,(H2,4,5);3H2,1-2H3. The first-order valence-corrected chi connectivity index (χ1v) is 6.84. The molecule has 0 unspecified atom stereocenters. The summed E-state index contributed by atoms with van der Waals surface area (Å²) in [4.78, 5) is 7.20. The summed E-state index contributed by atoms with van der Waals surface area (Å²) in [5.41, 5.74) is 6.38. The largest absolute Gasteiger partial charge is 0.388 e. The van der Waals surface area contributed by atoms with Crippen molar-refractivity contribution in [2.45, 2.75) is 53.9 Å². The highest BCUT2D eigenvalue weighted by atomic mass is 14.9.